The van der Waals surface area contributed by atoms with Gasteiger partial charge >= 0.3 is 5.97 Å². The van der Waals surface area contributed by atoms with Crippen molar-refractivity contribution in [3.05, 3.63) is 72.5 Å². The third-order valence-corrected chi connectivity index (χ3v) is 11.5. The summed E-state index contributed by atoms with van der Waals surface area (Å²) >= 11 is 10.8. The van der Waals surface area contributed by atoms with Gasteiger partial charge in [0.15, 0.2) is 5.82 Å². The van der Waals surface area contributed by atoms with E-state index in [0.717, 1.165) is 49.6 Å². The van der Waals surface area contributed by atoms with Gasteiger partial charge in [0.25, 0.3) is 0 Å². The van der Waals surface area contributed by atoms with Crippen LogP contribution < -0.4 is 5.30 Å². The molecule has 5 rings (SSSR count). The van der Waals surface area contributed by atoms with Crippen molar-refractivity contribution in [1.82, 2.24) is 14.5 Å². The monoisotopic (exact) mass is 732 g/mol. The number of ether oxygens (including phenoxy) is 1. The lowest BCUT2D eigenvalue weighted by atomic mass is 10.2. The van der Waals surface area contributed by atoms with Crippen LogP contribution in [0.15, 0.2) is 53.5 Å². The Bertz CT molecular complexity index is 1340. The van der Waals surface area contributed by atoms with Gasteiger partial charge in [-0.2, -0.15) is 10.1 Å². The van der Waals surface area contributed by atoms with Crippen LogP contribution >= 0.6 is 51.6 Å². The minimum Gasteiger partial charge on any atom is -0.460 e. The number of carbonyl (C=O) groups excluding carboxylic acids is 1. The summed E-state index contributed by atoms with van der Waals surface area (Å²) in [6, 6.07) is 15.4. The number of hydrogen-bond acceptors (Lipinski definition) is 6. The zero-order valence-electron chi connectivity index (χ0n) is 19.0. The summed E-state index contributed by atoms with van der Waals surface area (Å²) < 4.78 is 18.4. The number of benzene rings is 2. The van der Waals surface area contributed by atoms with Crippen molar-refractivity contribution in [2.24, 2.45) is 4.99 Å². The Morgan fingerprint density at radius 3 is 2.37 bits per heavy atom. The van der Waals surface area contributed by atoms with Crippen molar-refractivity contribution in [1.29, 1.82) is 0 Å². The van der Waals surface area contributed by atoms with E-state index in [-0.39, 0.29) is 12.6 Å². The molecule has 0 radical (unpaired) electrons. The third-order valence-electron chi connectivity index (χ3n) is 5.93. The van der Waals surface area contributed by atoms with Crippen molar-refractivity contribution >= 4 is 86.4 Å². The molecule has 0 amide bonds. The SMILES string of the molecule is Cc1nn(CCOC(=O)c2ccc(I)cc2)c2c1P(=S)(N1CCCC1)OC(c1ccc(I)cc1)=N2. The fourth-order valence-corrected chi connectivity index (χ4v) is 8.82. The van der Waals surface area contributed by atoms with Crippen molar-refractivity contribution in [2.75, 3.05) is 19.7 Å². The Kier molecular flexibility index (Phi) is 7.64. The summed E-state index contributed by atoms with van der Waals surface area (Å²) in [7, 11) is 0. The molecule has 1 aromatic heterocycles. The Morgan fingerprint density at radius 2 is 1.71 bits per heavy atom. The highest BCUT2D eigenvalue weighted by molar-refractivity contribution is 14.1. The second-order valence-corrected chi connectivity index (χ2v) is 14.5. The van der Waals surface area contributed by atoms with Crippen LogP contribution in [-0.4, -0.2) is 46.0 Å². The van der Waals surface area contributed by atoms with Gasteiger partial charge in [0.2, 0.25) is 12.3 Å². The van der Waals surface area contributed by atoms with Crippen LogP contribution in [0.4, 0.5) is 5.82 Å². The molecular formula is C24H23I2N4O3PS. The maximum Gasteiger partial charge on any atom is 0.338 e. The Morgan fingerprint density at radius 1 is 1.09 bits per heavy atom. The largest absolute Gasteiger partial charge is 0.460 e. The number of fused-ring (bicyclic) bond motifs is 1. The molecule has 11 heteroatoms. The van der Waals surface area contributed by atoms with Crippen molar-refractivity contribution in [2.45, 2.75) is 26.3 Å². The average molecular weight is 732 g/mol. The quantitative estimate of drug-likeness (QED) is 0.192. The van der Waals surface area contributed by atoms with Crippen LogP contribution in [0.25, 0.3) is 0 Å². The molecular weight excluding hydrogens is 709 g/mol. The number of nitrogens with zero attached hydrogens (tertiary/aromatic N) is 4. The predicted octanol–water partition coefficient (Wildman–Crippen LogP) is 5.40. The number of rotatable bonds is 6. The first kappa shape index (κ1) is 25.3. The van der Waals surface area contributed by atoms with Crippen molar-refractivity contribution < 1.29 is 14.1 Å². The number of esters is 1. The van der Waals surface area contributed by atoms with Crippen LogP contribution in [0.1, 0.15) is 34.5 Å². The van der Waals surface area contributed by atoms with Crippen LogP contribution in [0.2, 0.25) is 0 Å². The molecule has 1 unspecified atom stereocenters. The highest BCUT2D eigenvalue weighted by Gasteiger charge is 2.42. The van der Waals surface area contributed by atoms with Crippen molar-refractivity contribution in [3.8, 4) is 0 Å². The van der Waals surface area contributed by atoms with E-state index in [9.17, 15) is 4.79 Å². The van der Waals surface area contributed by atoms with Crippen LogP contribution in [0.3, 0.4) is 0 Å². The van der Waals surface area contributed by atoms with Crippen LogP contribution in [-0.2, 0) is 27.6 Å². The van der Waals surface area contributed by atoms with Gasteiger partial charge in [-0.15, -0.1) is 0 Å². The molecule has 1 fully saturated rings. The normalized spacial score (nSPS) is 19.7. The van der Waals surface area contributed by atoms with E-state index in [1.165, 1.54) is 0 Å². The summed E-state index contributed by atoms with van der Waals surface area (Å²) in [5, 5.41) is 5.66. The van der Waals surface area contributed by atoms with Gasteiger partial charge in [0.1, 0.15) is 11.9 Å². The summed E-state index contributed by atoms with van der Waals surface area (Å²) in [6.45, 7) is 4.34. The number of hydrogen-bond donors (Lipinski definition) is 0. The van der Waals surface area contributed by atoms with E-state index in [1.54, 1.807) is 16.8 Å². The summed E-state index contributed by atoms with van der Waals surface area (Å²) in [5.74, 6) is 0.886. The smallest absolute Gasteiger partial charge is 0.338 e. The lowest BCUT2D eigenvalue weighted by Gasteiger charge is -2.34. The Hall–Kier alpha value is -1.34. The molecule has 1 saturated heterocycles. The number of aryl methyl sites for hydroxylation is 1. The minimum absolute atomic E-state index is 0.181. The van der Waals surface area contributed by atoms with E-state index in [2.05, 4.69) is 49.9 Å². The summed E-state index contributed by atoms with van der Waals surface area (Å²) in [6.07, 6.45) is -0.351. The first-order chi connectivity index (χ1) is 16.8. The molecule has 182 valence electrons. The fraction of sp³-hybridized carbons (Fsp3) is 0.292. The zero-order valence-corrected chi connectivity index (χ0v) is 25.0. The summed E-state index contributed by atoms with van der Waals surface area (Å²) in [4.78, 5) is 17.3. The van der Waals surface area contributed by atoms with E-state index < -0.39 is 6.42 Å². The lowest BCUT2D eigenvalue weighted by Crippen LogP contribution is -2.30. The molecule has 0 N–H and O–H groups in total. The van der Waals surface area contributed by atoms with Gasteiger partial charge in [-0.1, -0.05) is 0 Å². The molecule has 3 aromatic rings. The van der Waals surface area contributed by atoms with E-state index in [4.69, 9.17) is 31.2 Å². The molecule has 2 aromatic carbocycles. The van der Waals surface area contributed by atoms with Gasteiger partial charge in [-0.05, 0) is 125 Å². The predicted molar refractivity (Wildman–Crippen MR) is 158 cm³/mol. The van der Waals surface area contributed by atoms with Gasteiger partial charge < -0.3 is 9.26 Å². The highest BCUT2D eigenvalue weighted by Crippen LogP contribution is 2.57. The fourth-order valence-electron chi connectivity index (χ4n) is 4.20. The Balaban J connectivity index is 1.45. The first-order valence-corrected chi connectivity index (χ1v) is 16.1. The third kappa shape index (κ3) is 5.22. The summed E-state index contributed by atoms with van der Waals surface area (Å²) in [5.41, 5.74) is 2.24. The molecule has 2 aliphatic heterocycles. The molecule has 2 aliphatic rings. The molecule has 0 aliphatic carbocycles. The molecule has 35 heavy (non-hydrogen) atoms. The Labute approximate surface area is 236 Å². The van der Waals surface area contributed by atoms with Crippen molar-refractivity contribution in [3.63, 3.8) is 0 Å². The minimum atomic E-state index is -2.56. The molecule has 7 nitrogen and oxygen atoms in total. The number of carbonyl (C=O) groups is 1. The molecule has 0 spiro atoms. The standard InChI is InChI=1S/C24H23I2N4O3PS/c1-16-21-22(30(28-16)14-15-32-24(31)18-6-10-20(26)11-7-18)27-23(17-4-8-19(25)9-5-17)33-34(21,35)29-12-2-3-13-29/h4-11H,2-3,12-15H2,1H3. The zero-order chi connectivity index (χ0) is 24.6. The number of aliphatic imine (C=N–C) groups is 1. The molecule has 1 atom stereocenters. The average Bonchev–Trinajstić information content (AvgIpc) is 3.49. The van der Waals surface area contributed by atoms with E-state index in [1.807, 2.05) is 43.3 Å². The second-order valence-electron chi connectivity index (χ2n) is 8.32. The van der Waals surface area contributed by atoms with Gasteiger partial charge in [0.05, 0.1) is 17.8 Å². The van der Waals surface area contributed by atoms with E-state index in [0.29, 0.717) is 23.8 Å². The number of halogens is 2. The molecule has 3 heterocycles. The lowest BCUT2D eigenvalue weighted by molar-refractivity contribution is 0.0488. The maximum atomic E-state index is 12.5. The van der Waals surface area contributed by atoms with Crippen LogP contribution in [0, 0.1) is 14.1 Å². The van der Waals surface area contributed by atoms with Gasteiger partial charge in [-0.25, -0.2) is 14.1 Å². The topological polar surface area (TPSA) is 69.0 Å². The molecule has 0 saturated carbocycles. The maximum absolute atomic E-state index is 12.5. The number of aromatic nitrogens is 2. The van der Waals surface area contributed by atoms with Gasteiger partial charge in [0, 0.05) is 25.8 Å². The van der Waals surface area contributed by atoms with Crippen LogP contribution in [0.5, 0.6) is 0 Å². The second kappa shape index (κ2) is 10.6. The molecule has 0 bridgehead atoms. The van der Waals surface area contributed by atoms with E-state index >= 15 is 0 Å². The highest BCUT2D eigenvalue weighted by atomic mass is 127. The van der Waals surface area contributed by atoms with Gasteiger partial charge in [-0.3, -0.25) is 0 Å². The first-order valence-electron chi connectivity index (χ1n) is 11.3.